The molecule has 214 valence electrons. The fourth-order valence-electron chi connectivity index (χ4n) is 5.07. The minimum atomic E-state index is -2.93. The molecular weight excluding hydrogens is 547 g/mol. The van der Waals surface area contributed by atoms with Crippen LogP contribution in [0.2, 0.25) is 5.02 Å². The Morgan fingerprint density at radius 3 is 2.48 bits per heavy atom. The molecule has 11 heteroatoms. The zero-order valence-electron chi connectivity index (χ0n) is 22.0. The van der Waals surface area contributed by atoms with E-state index in [-0.39, 0.29) is 40.2 Å². The van der Waals surface area contributed by atoms with Gasteiger partial charge in [0.15, 0.2) is 0 Å². The van der Waals surface area contributed by atoms with Crippen LogP contribution in [-0.4, -0.2) is 58.9 Å². The fraction of sp³-hybridized carbons (Fsp3) is 0.448. The minimum absolute atomic E-state index is 0.0135. The summed E-state index contributed by atoms with van der Waals surface area (Å²) in [5.41, 5.74) is -0.139. The predicted octanol–water partition coefficient (Wildman–Crippen LogP) is 4.87. The van der Waals surface area contributed by atoms with E-state index in [1.807, 2.05) is 4.57 Å². The number of aliphatic hydroxyl groups excluding tert-OH is 1. The molecule has 5 rings (SSSR count). The number of hydrogen-bond donors (Lipinski definition) is 2. The highest BCUT2D eigenvalue weighted by molar-refractivity contribution is 6.31. The van der Waals surface area contributed by atoms with Gasteiger partial charge in [0.05, 0.1) is 10.5 Å². The van der Waals surface area contributed by atoms with Crippen molar-refractivity contribution in [2.24, 2.45) is 0 Å². The Hall–Kier alpha value is -3.08. The van der Waals surface area contributed by atoms with Crippen LogP contribution in [-0.2, 0) is 5.92 Å². The topological polar surface area (TPSA) is 83.8 Å². The van der Waals surface area contributed by atoms with Crippen LogP contribution in [0.15, 0.2) is 47.4 Å². The highest BCUT2D eigenvalue weighted by atomic mass is 35.5. The van der Waals surface area contributed by atoms with E-state index < -0.39 is 29.2 Å². The lowest BCUT2D eigenvalue weighted by Crippen LogP contribution is -2.47. The summed E-state index contributed by atoms with van der Waals surface area (Å²) >= 11 is 5.96. The van der Waals surface area contributed by atoms with Gasteiger partial charge in [-0.3, -0.25) is 9.59 Å². The molecule has 2 fully saturated rings. The van der Waals surface area contributed by atoms with Gasteiger partial charge in [-0.1, -0.05) is 11.6 Å². The van der Waals surface area contributed by atoms with Crippen LogP contribution in [0.3, 0.4) is 0 Å². The monoisotopic (exact) mass is 577 g/mol. The second kappa shape index (κ2) is 11.4. The van der Waals surface area contributed by atoms with E-state index in [0.29, 0.717) is 43.7 Å². The molecule has 1 atom stereocenters. The van der Waals surface area contributed by atoms with Crippen LogP contribution in [0.4, 0.5) is 13.2 Å². The van der Waals surface area contributed by atoms with E-state index in [1.165, 1.54) is 30.3 Å². The molecule has 2 aliphatic rings. The third-order valence-electron chi connectivity index (χ3n) is 7.45. The molecule has 0 radical (unpaired) electrons. The summed E-state index contributed by atoms with van der Waals surface area (Å²) in [7, 11) is 0. The first-order valence-electron chi connectivity index (χ1n) is 13.4. The lowest BCUT2D eigenvalue weighted by Gasteiger charge is -2.33. The fourth-order valence-corrected chi connectivity index (χ4v) is 5.23. The van der Waals surface area contributed by atoms with E-state index in [1.54, 1.807) is 6.20 Å². The number of nitrogens with one attached hydrogen (secondary N) is 1. The number of amides is 1. The molecule has 0 bridgehead atoms. The summed E-state index contributed by atoms with van der Waals surface area (Å²) in [6, 6.07) is 8.03. The summed E-state index contributed by atoms with van der Waals surface area (Å²) < 4.78 is 48.3. The SMILES string of the molecule is CC(F)(F)c1ccc(OC[C@@H](O)CN2CCC(NC(=O)c3cn(C4CC4)c4cc(Cl)c(F)cc4c3=O)CC2)cc1. The van der Waals surface area contributed by atoms with Gasteiger partial charge < -0.3 is 24.6 Å². The Balaban J connectivity index is 1.14. The third kappa shape index (κ3) is 6.45. The number of aromatic nitrogens is 1. The first kappa shape index (κ1) is 28.4. The van der Waals surface area contributed by atoms with Crippen LogP contribution < -0.4 is 15.5 Å². The normalized spacial score (nSPS) is 17.6. The first-order valence-corrected chi connectivity index (χ1v) is 13.7. The van der Waals surface area contributed by atoms with E-state index in [9.17, 15) is 27.9 Å². The Kier molecular flexibility index (Phi) is 8.13. The van der Waals surface area contributed by atoms with Gasteiger partial charge in [0.1, 0.15) is 29.8 Å². The van der Waals surface area contributed by atoms with Crippen molar-refractivity contribution in [3.63, 3.8) is 0 Å². The van der Waals surface area contributed by atoms with Crippen LogP contribution in [0.5, 0.6) is 5.75 Å². The summed E-state index contributed by atoms with van der Waals surface area (Å²) in [4.78, 5) is 28.3. The van der Waals surface area contributed by atoms with Gasteiger partial charge in [-0.2, -0.15) is 0 Å². The number of aliphatic hydroxyl groups is 1. The molecule has 7 nitrogen and oxygen atoms in total. The van der Waals surface area contributed by atoms with E-state index >= 15 is 0 Å². The van der Waals surface area contributed by atoms with E-state index in [2.05, 4.69) is 10.2 Å². The van der Waals surface area contributed by atoms with Gasteiger partial charge in [-0.15, -0.1) is 0 Å². The number of carbonyl (C=O) groups is 1. The van der Waals surface area contributed by atoms with Crippen molar-refractivity contribution in [1.29, 1.82) is 0 Å². The standard InChI is InChI=1S/C29H31ClF3N3O4/c1-29(32,33)17-2-6-21(7-3-17)40-16-20(37)14-35-10-8-18(9-11-35)34-28(39)23-15-36(19-4-5-19)26-13-24(30)25(31)12-22(26)27(23)38/h2-3,6-7,12-13,15,18-20,37H,4-5,8-11,14,16H2,1H3,(H,34,39)/t20-/m0/s1. The molecule has 0 unspecified atom stereocenters. The Bertz CT molecular complexity index is 1450. The Labute approximate surface area is 234 Å². The number of alkyl halides is 2. The molecule has 40 heavy (non-hydrogen) atoms. The number of fused-ring (bicyclic) bond motifs is 1. The van der Waals surface area contributed by atoms with Crippen molar-refractivity contribution in [3.05, 3.63) is 74.8 Å². The zero-order valence-corrected chi connectivity index (χ0v) is 22.8. The highest BCUT2D eigenvalue weighted by Gasteiger charge is 2.29. The second-order valence-corrected chi connectivity index (χ2v) is 11.1. The maximum Gasteiger partial charge on any atom is 0.270 e. The van der Waals surface area contributed by atoms with E-state index in [4.69, 9.17) is 16.3 Å². The van der Waals surface area contributed by atoms with Crippen LogP contribution >= 0.6 is 11.6 Å². The number of rotatable bonds is 9. The van der Waals surface area contributed by atoms with Crippen LogP contribution in [0.1, 0.15) is 54.6 Å². The Morgan fingerprint density at radius 2 is 1.85 bits per heavy atom. The number of β-amino-alcohol motifs (C(OH)–C–C–N with tert-alkyl or cyclic N) is 1. The summed E-state index contributed by atoms with van der Waals surface area (Å²) in [5, 5.41) is 13.4. The van der Waals surface area contributed by atoms with E-state index in [0.717, 1.165) is 25.8 Å². The molecule has 2 N–H and O–H groups in total. The van der Waals surface area contributed by atoms with Crippen molar-refractivity contribution >= 4 is 28.4 Å². The molecule has 1 aliphatic carbocycles. The number of ether oxygens (including phenoxy) is 1. The van der Waals surface area contributed by atoms with Crippen molar-refractivity contribution < 1.29 is 27.8 Å². The lowest BCUT2D eigenvalue weighted by molar-refractivity contribution is 0.0173. The highest BCUT2D eigenvalue weighted by Crippen LogP contribution is 2.37. The van der Waals surface area contributed by atoms with Gasteiger partial charge in [0, 0.05) is 55.8 Å². The van der Waals surface area contributed by atoms with Gasteiger partial charge in [-0.25, -0.2) is 13.2 Å². The number of piperidine rings is 1. The van der Waals surface area contributed by atoms with Gasteiger partial charge in [0.25, 0.3) is 11.8 Å². The van der Waals surface area contributed by atoms with Crippen molar-refractivity contribution in [2.75, 3.05) is 26.2 Å². The summed E-state index contributed by atoms with van der Waals surface area (Å²) in [5.74, 6) is -3.72. The van der Waals surface area contributed by atoms with Crippen LogP contribution in [0.25, 0.3) is 10.9 Å². The van der Waals surface area contributed by atoms with Gasteiger partial charge >= 0.3 is 0 Å². The first-order chi connectivity index (χ1) is 19.0. The molecular formula is C29H31ClF3N3O4. The molecule has 1 aliphatic heterocycles. The minimum Gasteiger partial charge on any atom is -0.491 e. The number of nitrogens with zero attached hydrogens (tertiary/aromatic N) is 2. The van der Waals surface area contributed by atoms with Crippen LogP contribution in [0, 0.1) is 5.82 Å². The van der Waals surface area contributed by atoms with Crippen molar-refractivity contribution in [1.82, 2.24) is 14.8 Å². The van der Waals surface area contributed by atoms with Gasteiger partial charge in [0.2, 0.25) is 5.43 Å². The molecule has 1 aromatic heterocycles. The molecule has 0 spiro atoms. The number of carbonyl (C=O) groups excluding carboxylic acids is 1. The molecule has 1 saturated heterocycles. The Morgan fingerprint density at radius 1 is 1.18 bits per heavy atom. The average molecular weight is 578 g/mol. The predicted molar refractivity (Wildman–Crippen MR) is 146 cm³/mol. The molecule has 3 aromatic rings. The molecule has 2 aromatic carbocycles. The van der Waals surface area contributed by atoms with Gasteiger partial charge in [-0.05, 0) is 62.1 Å². The number of halogens is 4. The maximum absolute atomic E-state index is 14.2. The zero-order chi connectivity index (χ0) is 28.6. The summed E-state index contributed by atoms with van der Waals surface area (Å²) in [6.07, 6.45) is 3.84. The number of likely N-dealkylation sites (tertiary alicyclic amines) is 1. The largest absolute Gasteiger partial charge is 0.491 e. The number of hydrogen-bond acceptors (Lipinski definition) is 5. The maximum atomic E-state index is 14.2. The second-order valence-electron chi connectivity index (χ2n) is 10.7. The number of benzene rings is 2. The summed E-state index contributed by atoms with van der Waals surface area (Å²) in [6.45, 7) is 2.44. The number of pyridine rings is 1. The third-order valence-corrected chi connectivity index (χ3v) is 7.74. The smallest absolute Gasteiger partial charge is 0.270 e. The molecule has 1 amide bonds. The average Bonchev–Trinajstić information content (AvgIpc) is 3.75. The lowest BCUT2D eigenvalue weighted by atomic mass is 10.0. The van der Waals surface area contributed by atoms with Crippen molar-refractivity contribution in [3.8, 4) is 5.75 Å². The van der Waals surface area contributed by atoms with Crippen molar-refractivity contribution in [2.45, 2.75) is 56.7 Å². The molecule has 2 heterocycles. The quantitative estimate of drug-likeness (QED) is 0.379. The molecule has 1 saturated carbocycles.